The SMILES string of the molecule is COc1cccc2sc(NC(=O)CCc3c(C)nc4cc(C)nn4c3C)nc12. The van der Waals surface area contributed by atoms with Crippen molar-refractivity contribution in [3.63, 3.8) is 0 Å². The van der Waals surface area contributed by atoms with Gasteiger partial charge in [0.2, 0.25) is 5.91 Å². The second-order valence-electron chi connectivity index (χ2n) is 6.69. The second kappa shape index (κ2) is 7.20. The Balaban J connectivity index is 1.50. The maximum absolute atomic E-state index is 12.5. The number of benzene rings is 1. The summed E-state index contributed by atoms with van der Waals surface area (Å²) in [6.45, 7) is 5.94. The van der Waals surface area contributed by atoms with E-state index in [-0.39, 0.29) is 5.91 Å². The standard InChI is InChI=1S/C20H21N5O2S/c1-11-10-17-21-12(2)14(13(3)25(17)24-11)8-9-18(26)22-20-23-19-15(27-4)6-5-7-16(19)28-20/h5-7,10H,8-9H2,1-4H3,(H,22,23,26). The van der Waals surface area contributed by atoms with Crippen molar-refractivity contribution in [1.29, 1.82) is 0 Å². The van der Waals surface area contributed by atoms with Gasteiger partial charge in [0.15, 0.2) is 10.8 Å². The minimum Gasteiger partial charge on any atom is -0.494 e. The Labute approximate surface area is 166 Å². The van der Waals surface area contributed by atoms with Gasteiger partial charge in [0.25, 0.3) is 0 Å². The highest BCUT2D eigenvalue weighted by Crippen LogP contribution is 2.32. The van der Waals surface area contributed by atoms with Crippen molar-refractivity contribution < 1.29 is 9.53 Å². The summed E-state index contributed by atoms with van der Waals surface area (Å²) in [5, 5.41) is 7.96. The van der Waals surface area contributed by atoms with Gasteiger partial charge in [0, 0.05) is 23.9 Å². The fraction of sp³-hybridized carbons (Fsp3) is 0.300. The molecule has 8 heteroatoms. The zero-order valence-electron chi connectivity index (χ0n) is 16.2. The Bertz CT molecular complexity index is 1190. The molecule has 3 heterocycles. The van der Waals surface area contributed by atoms with Crippen LogP contribution in [0, 0.1) is 20.8 Å². The number of aromatic nitrogens is 4. The molecule has 0 radical (unpaired) electrons. The quantitative estimate of drug-likeness (QED) is 0.555. The number of rotatable bonds is 5. The highest BCUT2D eigenvalue weighted by Gasteiger charge is 2.14. The van der Waals surface area contributed by atoms with E-state index >= 15 is 0 Å². The number of ether oxygens (including phenoxy) is 1. The number of anilines is 1. The van der Waals surface area contributed by atoms with Crippen LogP contribution in [0.1, 0.15) is 29.1 Å². The molecular weight excluding hydrogens is 374 g/mol. The highest BCUT2D eigenvalue weighted by atomic mass is 32.1. The lowest BCUT2D eigenvalue weighted by molar-refractivity contribution is -0.116. The van der Waals surface area contributed by atoms with Gasteiger partial charge >= 0.3 is 0 Å². The fourth-order valence-electron chi connectivity index (χ4n) is 3.36. The molecule has 0 saturated carbocycles. The first-order valence-electron chi connectivity index (χ1n) is 9.02. The van der Waals surface area contributed by atoms with Gasteiger partial charge in [-0.2, -0.15) is 5.10 Å². The summed E-state index contributed by atoms with van der Waals surface area (Å²) in [5.74, 6) is 0.628. The average molecular weight is 395 g/mol. The van der Waals surface area contributed by atoms with Crippen LogP contribution in [0.3, 0.4) is 0 Å². The number of aryl methyl sites for hydroxylation is 3. The molecular formula is C20H21N5O2S. The van der Waals surface area contributed by atoms with Gasteiger partial charge < -0.3 is 10.1 Å². The highest BCUT2D eigenvalue weighted by molar-refractivity contribution is 7.22. The number of amides is 1. The number of methoxy groups -OCH3 is 1. The fourth-order valence-corrected chi connectivity index (χ4v) is 4.26. The van der Waals surface area contributed by atoms with Crippen LogP contribution in [0.2, 0.25) is 0 Å². The molecule has 0 spiro atoms. The number of carbonyl (C=O) groups is 1. The van der Waals surface area contributed by atoms with E-state index in [1.807, 2.05) is 49.6 Å². The summed E-state index contributed by atoms with van der Waals surface area (Å²) in [5.41, 5.74) is 5.54. The zero-order chi connectivity index (χ0) is 19.8. The van der Waals surface area contributed by atoms with Crippen molar-refractivity contribution >= 4 is 38.2 Å². The van der Waals surface area contributed by atoms with E-state index in [4.69, 9.17) is 4.74 Å². The monoisotopic (exact) mass is 395 g/mol. The van der Waals surface area contributed by atoms with Crippen LogP contribution in [0.15, 0.2) is 24.3 Å². The van der Waals surface area contributed by atoms with Crippen LogP contribution in [0.4, 0.5) is 5.13 Å². The Kier molecular flexibility index (Phi) is 4.72. The lowest BCUT2D eigenvalue weighted by atomic mass is 10.1. The van der Waals surface area contributed by atoms with Crippen molar-refractivity contribution in [3.05, 3.63) is 46.9 Å². The molecule has 0 aliphatic carbocycles. The Hall–Kier alpha value is -3.00. The summed E-state index contributed by atoms with van der Waals surface area (Å²) in [6.07, 6.45) is 0.946. The average Bonchev–Trinajstić information content (AvgIpc) is 3.23. The van der Waals surface area contributed by atoms with Gasteiger partial charge in [0.05, 0.1) is 17.5 Å². The maximum atomic E-state index is 12.5. The van der Waals surface area contributed by atoms with Gasteiger partial charge in [-0.25, -0.2) is 14.5 Å². The summed E-state index contributed by atoms with van der Waals surface area (Å²) in [4.78, 5) is 21.6. The first-order chi connectivity index (χ1) is 13.5. The number of thiazole rings is 1. The van der Waals surface area contributed by atoms with Crippen LogP contribution in [-0.4, -0.2) is 32.6 Å². The molecule has 1 N–H and O–H groups in total. The van der Waals surface area contributed by atoms with Crippen molar-refractivity contribution in [3.8, 4) is 5.75 Å². The predicted molar refractivity (Wildman–Crippen MR) is 110 cm³/mol. The molecule has 7 nitrogen and oxygen atoms in total. The number of hydrogen-bond donors (Lipinski definition) is 1. The van der Waals surface area contributed by atoms with Crippen LogP contribution < -0.4 is 10.1 Å². The molecule has 0 saturated heterocycles. The summed E-state index contributed by atoms with van der Waals surface area (Å²) in [6, 6.07) is 7.69. The molecule has 4 rings (SSSR count). The number of carbonyl (C=O) groups excluding carboxylic acids is 1. The van der Waals surface area contributed by atoms with E-state index < -0.39 is 0 Å². The molecule has 1 aromatic carbocycles. The summed E-state index contributed by atoms with van der Waals surface area (Å²) in [7, 11) is 1.61. The lowest BCUT2D eigenvalue weighted by Gasteiger charge is -2.10. The van der Waals surface area contributed by atoms with E-state index in [0.717, 1.165) is 38.5 Å². The first kappa shape index (κ1) is 18.4. The predicted octanol–water partition coefficient (Wildman–Crippen LogP) is 3.84. The largest absolute Gasteiger partial charge is 0.494 e. The van der Waals surface area contributed by atoms with E-state index in [9.17, 15) is 4.79 Å². The Morgan fingerprint density at radius 2 is 2.07 bits per heavy atom. The van der Waals surface area contributed by atoms with E-state index in [0.29, 0.717) is 23.7 Å². The van der Waals surface area contributed by atoms with Crippen LogP contribution in [0.25, 0.3) is 15.9 Å². The number of hydrogen-bond acceptors (Lipinski definition) is 6. The second-order valence-corrected chi connectivity index (χ2v) is 7.72. The Morgan fingerprint density at radius 3 is 2.86 bits per heavy atom. The summed E-state index contributed by atoms with van der Waals surface area (Å²) >= 11 is 1.44. The summed E-state index contributed by atoms with van der Waals surface area (Å²) < 4.78 is 8.15. The molecule has 1 amide bonds. The zero-order valence-corrected chi connectivity index (χ0v) is 17.1. The third-order valence-corrected chi connectivity index (χ3v) is 5.67. The number of nitrogens with one attached hydrogen (secondary N) is 1. The topological polar surface area (TPSA) is 81.4 Å². The van der Waals surface area contributed by atoms with Crippen LogP contribution in [0.5, 0.6) is 5.75 Å². The van der Waals surface area contributed by atoms with Crippen LogP contribution in [-0.2, 0) is 11.2 Å². The minimum absolute atomic E-state index is 0.0754. The Morgan fingerprint density at radius 1 is 1.25 bits per heavy atom. The van der Waals surface area contributed by atoms with Gasteiger partial charge in [-0.15, -0.1) is 0 Å². The lowest BCUT2D eigenvalue weighted by Crippen LogP contribution is -2.14. The molecule has 3 aromatic heterocycles. The number of fused-ring (bicyclic) bond motifs is 2. The first-order valence-corrected chi connectivity index (χ1v) is 9.83. The van der Waals surface area contributed by atoms with Gasteiger partial charge in [-0.3, -0.25) is 4.79 Å². The molecule has 0 bridgehead atoms. The molecule has 0 atom stereocenters. The molecule has 0 aliphatic rings. The van der Waals surface area contributed by atoms with Gasteiger partial charge in [-0.05, 0) is 44.9 Å². The van der Waals surface area contributed by atoms with Crippen molar-refractivity contribution in [1.82, 2.24) is 19.6 Å². The number of para-hydroxylation sites is 1. The maximum Gasteiger partial charge on any atom is 0.226 e. The van der Waals surface area contributed by atoms with Crippen molar-refractivity contribution in [2.45, 2.75) is 33.6 Å². The van der Waals surface area contributed by atoms with E-state index in [2.05, 4.69) is 20.4 Å². The molecule has 0 aliphatic heterocycles. The van der Waals surface area contributed by atoms with E-state index in [1.165, 1.54) is 11.3 Å². The molecule has 0 fully saturated rings. The molecule has 28 heavy (non-hydrogen) atoms. The van der Waals surface area contributed by atoms with Crippen LogP contribution >= 0.6 is 11.3 Å². The molecule has 144 valence electrons. The smallest absolute Gasteiger partial charge is 0.226 e. The molecule has 4 aromatic rings. The third kappa shape index (κ3) is 3.31. The van der Waals surface area contributed by atoms with Gasteiger partial charge in [0.1, 0.15) is 11.3 Å². The van der Waals surface area contributed by atoms with Gasteiger partial charge in [-0.1, -0.05) is 17.4 Å². The van der Waals surface area contributed by atoms with Crippen molar-refractivity contribution in [2.75, 3.05) is 12.4 Å². The van der Waals surface area contributed by atoms with Crippen molar-refractivity contribution in [2.24, 2.45) is 0 Å². The normalized spacial score (nSPS) is 11.3. The number of nitrogens with zero attached hydrogens (tertiary/aromatic N) is 4. The minimum atomic E-state index is -0.0754. The van der Waals surface area contributed by atoms with E-state index in [1.54, 1.807) is 7.11 Å². The third-order valence-electron chi connectivity index (χ3n) is 4.74. The molecule has 0 unspecified atom stereocenters.